The van der Waals surface area contributed by atoms with E-state index in [-0.39, 0.29) is 0 Å². The fraction of sp³-hybridized carbons (Fsp3) is 0.182. The lowest BCUT2D eigenvalue weighted by molar-refractivity contribution is 0.224. The molecule has 5 heteroatoms. The van der Waals surface area contributed by atoms with Gasteiger partial charge in [-0.25, -0.2) is 4.98 Å². The highest BCUT2D eigenvalue weighted by atomic mass is 35.5. The van der Waals surface area contributed by atoms with E-state index in [2.05, 4.69) is 4.98 Å². The summed E-state index contributed by atoms with van der Waals surface area (Å²) in [6.45, 7) is 1.89. The van der Waals surface area contributed by atoms with Crippen LogP contribution in [-0.2, 0) is 0 Å². The van der Waals surface area contributed by atoms with Gasteiger partial charge in [-0.15, -0.1) is 11.3 Å². The van der Waals surface area contributed by atoms with Crippen molar-refractivity contribution in [2.45, 2.75) is 13.0 Å². The minimum atomic E-state index is -0.758. The summed E-state index contributed by atoms with van der Waals surface area (Å²) in [6, 6.07) is 3.56. The zero-order valence-electron chi connectivity index (χ0n) is 8.64. The van der Waals surface area contributed by atoms with E-state index >= 15 is 0 Å². The van der Waals surface area contributed by atoms with Crippen LogP contribution in [-0.4, -0.2) is 10.1 Å². The SMILES string of the molecule is Cc1ccnc(N)c1C(O)c1cc(Cl)cs1. The summed E-state index contributed by atoms with van der Waals surface area (Å²) in [6.07, 6.45) is 0.869. The van der Waals surface area contributed by atoms with Crippen LogP contribution in [0.3, 0.4) is 0 Å². The van der Waals surface area contributed by atoms with E-state index in [9.17, 15) is 5.11 Å². The van der Waals surface area contributed by atoms with E-state index in [4.69, 9.17) is 17.3 Å². The van der Waals surface area contributed by atoms with Crippen LogP contribution in [0.2, 0.25) is 5.02 Å². The van der Waals surface area contributed by atoms with Crippen LogP contribution in [0.5, 0.6) is 0 Å². The molecule has 2 aromatic heterocycles. The summed E-state index contributed by atoms with van der Waals surface area (Å²) in [5, 5.41) is 12.6. The van der Waals surface area contributed by atoms with Crippen LogP contribution in [0.1, 0.15) is 22.1 Å². The molecule has 2 rings (SSSR count). The van der Waals surface area contributed by atoms with Crippen LogP contribution < -0.4 is 5.73 Å². The summed E-state index contributed by atoms with van der Waals surface area (Å²) in [5.41, 5.74) is 7.34. The minimum Gasteiger partial charge on any atom is -0.383 e. The quantitative estimate of drug-likeness (QED) is 0.866. The number of nitrogens with two attached hydrogens (primary N) is 1. The van der Waals surface area contributed by atoms with Gasteiger partial charge in [0.25, 0.3) is 0 Å². The molecule has 0 spiro atoms. The van der Waals surface area contributed by atoms with Gasteiger partial charge in [-0.05, 0) is 24.6 Å². The molecule has 0 radical (unpaired) electrons. The molecule has 1 atom stereocenters. The topological polar surface area (TPSA) is 59.1 Å². The van der Waals surface area contributed by atoms with Gasteiger partial charge in [0, 0.05) is 22.0 Å². The van der Waals surface area contributed by atoms with Crippen molar-refractivity contribution in [1.82, 2.24) is 4.98 Å². The Morgan fingerprint density at radius 1 is 1.56 bits per heavy atom. The zero-order chi connectivity index (χ0) is 11.7. The Morgan fingerprint density at radius 3 is 2.88 bits per heavy atom. The predicted molar refractivity (Wildman–Crippen MR) is 66.8 cm³/mol. The average Bonchev–Trinajstić information content (AvgIpc) is 2.64. The molecule has 0 saturated carbocycles. The normalized spacial score (nSPS) is 12.7. The second-order valence-electron chi connectivity index (χ2n) is 3.50. The number of aliphatic hydroxyl groups excluding tert-OH is 1. The summed E-state index contributed by atoms with van der Waals surface area (Å²) >= 11 is 7.23. The highest BCUT2D eigenvalue weighted by molar-refractivity contribution is 7.10. The van der Waals surface area contributed by atoms with Crippen LogP contribution in [0.15, 0.2) is 23.7 Å². The first-order valence-electron chi connectivity index (χ1n) is 4.72. The summed E-state index contributed by atoms with van der Waals surface area (Å²) < 4.78 is 0. The van der Waals surface area contributed by atoms with Crippen molar-refractivity contribution in [3.8, 4) is 0 Å². The predicted octanol–water partition coefficient (Wildman–Crippen LogP) is 2.77. The first-order chi connectivity index (χ1) is 7.59. The Kier molecular flexibility index (Phi) is 3.14. The lowest BCUT2D eigenvalue weighted by atomic mass is 10.0. The van der Waals surface area contributed by atoms with Gasteiger partial charge >= 0.3 is 0 Å². The third kappa shape index (κ3) is 2.04. The molecule has 0 aliphatic carbocycles. The van der Waals surface area contributed by atoms with Gasteiger partial charge in [0.2, 0.25) is 0 Å². The summed E-state index contributed by atoms with van der Waals surface area (Å²) in [5.74, 6) is 0.358. The van der Waals surface area contributed by atoms with Crippen LogP contribution in [0.4, 0.5) is 5.82 Å². The minimum absolute atomic E-state index is 0.358. The molecule has 0 aliphatic rings. The van der Waals surface area contributed by atoms with Crippen LogP contribution >= 0.6 is 22.9 Å². The molecule has 3 N–H and O–H groups in total. The summed E-state index contributed by atoms with van der Waals surface area (Å²) in [7, 11) is 0. The maximum atomic E-state index is 10.2. The molecule has 3 nitrogen and oxygen atoms in total. The van der Waals surface area contributed by atoms with Gasteiger partial charge in [-0.1, -0.05) is 11.6 Å². The highest BCUT2D eigenvalue weighted by Crippen LogP contribution is 2.33. The standard InChI is InChI=1S/C11H11ClN2OS/c1-6-2-3-14-11(13)9(6)10(15)8-4-7(12)5-16-8/h2-5,10,15H,1H3,(H2,13,14). The number of nitrogens with zero attached hydrogens (tertiary/aromatic N) is 1. The number of aryl methyl sites for hydroxylation is 1. The van der Waals surface area contributed by atoms with E-state index in [0.717, 1.165) is 10.4 Å². The van der Waals surface area contributed by atoms with Crippen molar-refractivity contribution in [3.63, 3.8) is 0 Å². The largest absolute Gasteiger partial charge is 0.383 e. The fourth-order valence-electron chi connectivity index (χ4n) is 1.56. The summed E-state index contributed by atoms with van der Waals surface area (Å²) in [4.78, 5) is 4.75. The zero-order valence-corrected chi connectivity index (χ0v) is 10.2. The third-order valence-electron chi connectivity index (χ3n) is 2.37. The van der Waals surface area contributed by atoms with Crippen molar-refractivity contribution in [1.29, 1.82) is 0 Å². The number of nitrogen functional groups attached to an aromatic ring is 1. The number of pyridine rings is 1. The number of thiophene rings is 1. The Bertz CT molecular complexity index is 492. The Hall–Kier alpha value is -1.10. The molecule has 0 fully saturated rings. The molecule has 0 aliphatic heterocycles. The molecular formula is C11H11ClN2OS. The number of hydrogen-bond donors (Lipinski definition) is 2. The van der Waals surface area contributed by atoms with Crippen molar-refractivity contribution >= 4 is 28.8 Å². The smallest absolute Gasteiger partial charge is 0.129 e. The Labute approximate surface area is 103 Å². The van der Waals surface area contributed by atoms with Gasteiger partial charge < -0.3 is 10.8 Å². The highest BCUT2D eigenvalue weighted by Gasteiger charge is 2.18. The maximum Gasteiger partial charge on any atom is 0.129 e. The Morgan fingerprint density at radius 2 is 2.31 bits per heavy atom. The molecule has 0 aromatic carbocycles. The maximum absolute atomic E-state index is 10.2. The molecule has 2 aromatic rings. The molecule has 0 amide bonds. The monoisotopic (exact) mass is 254 g/mol. The number of aromatic nitrogens is 1. The lowest BCUT2D eigenvalue weighted by Gasteiger charge is -2.13. The molecule has 2 heterocycles. The van der Waals surface area contributed by atoms with E-state index in [1.807, 2.05) is 13.0 Å². The lowest BCUT2D eigenvalue weighted by Crippen LogP contribution is -2.06. The van der Waals surface area contributed by atoms with Gasteiger partial charge in [-0.3, -0.25) is 0 Å². The number of rotatable bonds is 2. The van der Waals surface area contributed by atoms with Crippen molar-refractivity contribution < 1.29 is 5.11 Å². The Balaban J connectivity index is 2.45. The van der Waals surface area contributed by atoms with Crippen molar-refractivity contribution in [2.24, 2.45) is 0 Å². The van der Waals surface area contributed by atoms with E-state index < -0.39 is 6.10 Å². The van der Waals surface area contributed by atoms with E-state index in [1.54, 1.807) is 17.6 Å². The average molecular weight is 255 g/mol. The van der Waals surface area contributed by atoms with Gasteiger partial charge in [0.15, 0.2) is 0 Å². The molecule has 16 heavy (non-hydrogen) atoms. The molecule has 1 unspecified atom stereocenters. The number of hydrogen-bond acceptors (Lipinski definition) is 4. The molecule has 0 bridgehead atoms. The third-order valence-corrected chi connectivity index (χ3v) is 3.70. The van der Waals surface area contributed by atoms with Crippen molar-refractivity contribution in [2.75, 3.05) is 5.73 Å². The van der Waals surface area contributed by atoms with Gasteiger partial charge in [-0.2, -0.15) is 0 Å². The molecule has 0 saturated heterocycles. The van der Waals surface area contributed by atoms with Gasteiger partial charge in [0.1, 0.15) is 11.9 Å². The van der Waals surface area contributed by atoms with Crippen LogP contribution in [0, 0.1) is 6.92 Å². The molecule has 84 valence electrons. The first kappa shape index (κ1) is 11.4. The van der Waals surface area contributed by atoms with E-state index in [0.29, 0.717) is 16.4 Å². The van der Waals surface area contributed by atoms with Gasteiger partial charge in [0.05, 0.1) is 5.02 Å². The van der Waals surface area contributed by atoms with Crippen LogP contribution in [0.25, 0.3) is 0 Å². The second kappa shape index (κ2) is 4.41. The first-order valence-corrected chi connectivity index (χ1v) is 5.98. The number of anilines is 1. The number of halogens is 1. The molecular weight excluding hydrogens is 244 g/mol. The number of aliphatic hydroxyl groups is 1. The fourth-order valence-corrected chi connectivity index (χ4v) is 2.63. The second-order valence-corrected chi connectivity index (χ2v) is 4.88. The van der Waals surface area contributed by atoms with E-state index in [1.165, 1.54) is 11.3 Å². The van der Waals surface area contributed by atoms with Crippen molar-refractivity contribution in [3.05, 3.63) is 44.7 Å².